The molecule has 1 aliphatic carbocycles. The number of aromatic nitrogens is 1. The number of aromatic hydroxyl groups is 1. The number of allylic oxidation sites excluding steroid dienone is 1. The number of carbonyl (C=O) groups is 2. The molecule has 0 bridgehead atoms. The lowest BCUT2D eigenvalue weighted by molar-refractivity contribution is -0.136. The number of nitrogens with zero attached hydrogens (tertiary/aromatic N) is 6. The molecule has 12 nitrogen and oxygen atoms in total. The summed E-state index contributed by atoms with van der Waals surface area (Å²) in [5.41, 5.74) is 4.57. The van der Waals surface area contributed by atoms with E-state index in [1.807, 2.05) is 36.9 Å². The van der Waals surface area contributed by atoms with Crippen molar-refractivity contribution in [3.63, 3.8) is 0 Å². The lowest BCUT2D eigenvalue weighted by Gasteiger charge is -2.42. The Morgan fingerprint density at radius 1 is 1.24 bits per heavy atom. The van der Waals surface area contributed by atoms with E-state index in [0.717, 1.165) is 16.5 Å². The van der Waals surface area contributed by atoms with Crippen LogP contribution in [-0.2, 0) is 21.1 Å². The van der Waals surface area contributed by atoms with Crippen molar-refractivity contribution in [2.24, 2.45) is 16.1 Å². The van der Waals surface area contributed by atoms with Crippen molar-refractivity contribution in [1.82, 2.24) is 24.7 Å². The van der Waals surface area contributed by atoms with Crippen LogP contribution in [0.25, 0.3) is 10.9 Å². The van der Waals surface area contributed by atoms with E-state index in [1.54, 1.807) is 15.5 Å². The first-order valence-electron chi connectivity index (χ1n) is 13.5. The van der Waals surface area contributed by atoms with Crippen molar-refractivity contribution in [2.75, 3.05) is 39.8 Å². The number of hydrogen-bond acceptors (Lipinski definition) is 9. The Labute approximate surface area is 247 Å². The highest BCUT2D eigenvalue weighted by Crippen LogP contribution is 2.40. The molecule has 2 atom stereocenters. The molecule has 1 aromatic heterocycles. The van der Waals surface area contributed by atoms with Crippen LogP contribution in [0.2, 0.25) is 0 Å². The number of hydrogen-bond donors (Lipinski definition) is 3. The highest BCUT2D eigenvalue weighted by Gasteiger charge is 2.41. The van der Waals surface area contributed by atoms with E-state index >= 15 is 4.39 Å². The molecule has 0 radical (unpaired) electrons. The van der Waals surface area contributed by atoms with E-state index in [4.69, 9.17) is 17.1 Å². The van der Waals surface area contributed by atoms with Crippen molar-refractivity contribution < 1.29 is 29.0 Å². The standard InChI is InChI=1S/C28H32FN7O5S/c1-4-34-14-19(27(39)40)25(37)18-12-20(29)23(13-22(18)34)35-9-7-33(8-10-35)15-36-21-6-5-16(2)11-17(21)24(26(36)38)30-31-28(42)32-41-3/h5-6,11-14,18,22,38H,4,7-10,15H2,1-3H3,(H,32,42)(H,39,40). The number of hydroxylamine groups is 1. The van der Waals surface area contributed by atoms with Gasteiger partial charge >= 0.3 is 5.97 Å². The average molecular weight is 598 g/mol. The minimum atomic E-state index is -1.31. The molecule has 1 aromatic carbocycles. The van der Waals surface area contributed by atoms with Gasteiger partial charge in [0.1, 0.15) is 11.4 Å². The maximum Gasteiger partial charge on any atom is 0.340 e. The Kier molecular flexibility index (Phi) is 8.38. The number of rotatable bonds is 7. The molecule has 2 unspecified atom stereocenters. The highest BCUT2D eigenvalue weighted by atomic mass is 32.1. The third-order valence-electron chi connectivity index (χ3n) is 7.76. The van der Waals surface area contributed by atoms with Gasteiger partial charge in [0, 0.05) is 44.3 Å². The number of aliphatic carboxylic acids is 1. The van der Waals surface area contributed by atoms with Gasteiger partial charge in [-0.25, -0.2) is 14.7 Å². The number of benzene rings is 1. The number of piperazine rings is 1. The molecular formula is C28H32FN7O5S. The average Bonchev–Trinajstić information content (AvgIpc) is 3.21. The Bertz CT molecular complexity index is 1560. The van der Waals surface area contributed by atoms with Gasteiger partial charge in [0.05, 0.1) is 37.0 Å². The monoisotopic (exact) mass is 597 g/mol. The second-order valence-corrected chi connectivity index (χ2v) is 10.7. The third-order valence-corrected chi connectivity index (χ3v) is 7.92. The molecule has 1 fully saturated rings. The summed E-state index contributed by atoms with van der Waals surface area (Å²) in [6, 6.07) is 5.34. The second kappa shape index (κ2) is 12.0. The fraction of sp³-hybridized carbons (Fsp3) is 0.393. The molecule has 1 saturated heterocycles. The maximum absolute atomic E-state index is 15.3. The molecular weight excluding hydrogens is 565 g/mol. The van der Waals surface area contributed by atoms with E-state index in [0.29, 0.717) is 50.8 Å². The molecule has 0 saturated carbocycles. The number of halogens is 1. The Morgan fingerprint density at radius 3 is 2.64 bits per heavy atom. The summed E-state index contributed by atoms with van der Waals surface area (Å²) >= 11 is 5.04. The van der Waals surface area contributed by atoms with Crippen molar-refractivity contribution in [2.45, 2.75) is 26.6 Å². The van der Waals surface area contributed by atoms with E-state index in [9.17, 15) is 19.8 Å². The number of azo groups is 1. The predicted molar refractivity (Wildman–Crippen MR) is 156 cm³/mol. The summed E-state index contributed by atoms with van der Waals surface area (Å²) in [5.74, 6) is -3.36. The van der Waals surface area contributed by atoms with Gasteiger partial charge < -0.3 is 20.0 Å². The number of carbonyl (C=O) groups excluding carboxylic acids is 1. The minimum absolute atomic E-state index is 0.0178. The quantitative estimate of drug-likeness (QED) is 0.189. The van der Waals surface area contributed by atoms with E-state index < -0.39 is 29.5 Å². The smallest absolute Gasteiger partial charge is 0.340 e. The predicted octanol–water partition coefficient (Wildman–Crippen LogP) is 3.36. The van der Waals surface area contributed by atoms with Crippen molar-refractivity contribution in [3.8, 4) is 5.88 Å². The fourth-order valence-corrected chi connectivity index (χ4v) is 5.77. The van der Waals surface area contributed by atoms with Crippen LogP contribution in [0.1, 0.15) is 12.5 Å². The van der Waals surface area contributed by atoms with Crippen LogP contribution in [-0.4, -0.2) is 92.2 Å². The molecule has 2 aromatic rings. The Balaban J connectivity index is 1.33. The summed E-state index contributed by atoms with van der Waals surface area (Å²) in [4.78, 5) is 34.9. The molecule has 0 spiro atoms. The first-order valence-corrected chi connectivity index (χ1v) is 13.9. The van der Waals surface area contributed by atoms with Crippen LogP contribution in [0.4, 0.5) is 10.1 Å². The summed E-state index contributed by atoms with van der Waals surface area (Å²) in [7, 11) is 1.41. The minimum Gasteiger partial charge on any atom is -0.493 e. The topological polar surface area (TPSA) is 135 Å². The zero-order valence-corrected chi connectivity index (χ0v) is 24.3. The zero-order chi connectivity index (χ0) is 30.1. The molecule has 3 aliphatic rings. The number of carboxylic acids is 1. The van der Waals surface area contributed by atoms with Crippen LogP contribution in [0, 0.1) is 12.8 Å². The van der Waals surface area contributed by atoms with Gasteiger partial charge in [-0.15, -0.1) is 10.2 Å². The molecule has 5 rings (SSSR count). The zero-order valence-electron chi connectivity index (χ0n) is 23.5. The largest absolute Gasteiger partial charge is 0.493 e. The summed E-state index contributed by atoms with van der Waals surface area (Å²) in [6.45, 7) is 6.87. The van der Waals surface area contributed by atoms with Crippen LogP contribution >= 0.6 is 12.2 Å². The highest BCUT2D eigenvalue weighted by molar-refractivity contribution is 7.80. The number of likely N-dealkylation sites (N-methyl/N-ethyl adjacent to an activating group) is 1. The molecule has 222 valence electrons. The number of aryl methyl sites for hydroxylation is 1. The van der Waals surface area contributed by atoms with Gasteiger partial charge in [-0.3, -0.25) is 19.1 Å². The molecule has 2 aliphatic heterocycles. The number of ketones is 1. The lowest BCUT2D eigenvalue weighted by atomic mass is 9.82. The molecule has 3 N–H and O–H groups in total. The number of nitrogens with one attached hydrogen (secondary N) is 1. The van der Waals surface area contributed by atoms with Crippen LogP contribution in [0.5, 0.6) is 5.88 Å². The number of Topliss-reactive ketones (excluding diaryl/α,β-unsaturated/α-hetero) is 1. The van der Waals surface area contributed by atoms with E-state index in [1.165, 1.54) is 19.4 Å². The third kappa shape index (κ3) is 5.52. The first kappa shape index (κ1) is 29.4. The molecule has 3 heterocycles. The van der Waals surface area contributed by atoms with Gasteiger partial charge in [0.2, 0.25) is 11.0 Å². The first-order chi connectivity index (χ1) is 20.1. The van der Waals surface area contributed by atoms with Crippen molar-refractivity contribution in [1.29, 1.82) is 0 Å². The van der Waals surface area contributed by atoms with Crippen molar-refractivity contribution >= 4 is 45.7 Å². The SMILES string of the molecule is CCN1C=C(C(=O)O)C(=O)C2C=C(F)C(N3CCN(Cn4c(O)c(N=NC(=S)NOC)c5cc(C)ccc54)CC3)=CC21. The summed E-state index contributed by atoms with van der Waals surface area (Å²) in [6.07, 6.45) is 4.35. The van der Waals surface area contributed by atoms with Crippen LogP contribution in [0.3, 0.4) is 0 Å². The molecule has 0 amide bonds. The fourth-order valence-electron chi connectivity index (χ4n) is 5.65. The van der Waals surface area contributed by atoms with Gasteiger partial charge in [-0.1, -0.05) is 11.6 Å². The Hall–Kier alpha value is -4.14. The maximum atomic E-state index is 15.3. The number of thiocarbonyl (C=S) groups is 1. The number of fused-ring (bicyclic) bond motifs is 2. The van der Waals surface area contributed by atoms with Gasteiger partial charge in [0.25, 0.3) is 0 Å². The van der Waals surface area contributed by atoms with E-state index in [2.05, 4.69) is 20.6 Å². The normalized spacial score (nSPS) is 21.3. The lowest BCUT2D eigenvalue weighted by Crippen LogP contribution is -2.49. The van der Waals surface area contributed by atoms with Crippen molar-refractivity contribution in [3.05, 3.63) is 59.2 Å². The van der Waals surface area contributed by atoms with Crippen LogP contribution < -0.4 is 5.48 Å². The summed E-state index contributed by atoms with van der Waals surface area (Å²) < 4.78 is 17.1. The van der Waals surface area contributed by atoms with Crippen LogP contribution in [0.15, 0.2) is 63.9 Å². The van der Waals surface area contributed by atoms with Gasteiger partial charge in [-0.2, -0.15) is 0 Å². The van der Waals surface area contributed by atoms with Gasteiger partial charge in [-0.05, 0) is 50.4 Å². The summed E-state index contributed by atoms with van der Waals surface area (Å²) in [5, 5.41) is 29.4. The second-order valence-electron chi connectivity index (χ2n) is 10.3. The van der Waals surface area contributed by atoms with E-state index in [-0.39, 0.29) is 16.6 Å². The molecule has 14 heteroatoms. The molecule has 42 heavy (non-hydrogen) atoms. The van der Waals surface area contributed by atoms with Gasteiger partial charge in [0.15, 0.2) is 11.5 Å². The Morgan fingerprint density at radius 2 is 1.98 bits per heavy atom. The number of carboxylic acid groups (broad SMARTS) is 1.